The van der Waals surface area contributed by atoms with E-state index in [0.29, 0.717) is 19.3 Å². The Labute approximate surface area is 128 Å². The zero-order valence-electron chi connectivity index (χ0n) is 12.3. The highest BCUT2D eigenvalue weighted by Crippen LogP contribution is 2.67. The van der Waals surface area contributed by atoms with Crippen LogP contribution in [-0.2, 0) is 19.1 Å². The van der Waals surface area contributed by atoms with E-state index in [0.717, 1.165) is 18.6 Å². The summed E-state index contributed by atoms with van der Waals surface area (Å²) in [5.41, 5.74) is -3.21. The van der Waals surface area contributed by atoms with Gasteiger partial charge in [0.2, 0.25) is 0 Å². The zero-order chi connectivity index (χ0) is 16.2. The molecule has 2 N–H and O–H groups in total. The van der Waals surface area contributed by atoms with Gasteiger partial charge in [0, 0.05) is 24.5 Å². The van der Waals surface area contributed by atoms with Crippen molar-refractivity contribution < 1.29 is 29.3 Å². The van der Waals surface area contributed by atoms with Gasteiger partial charge >= 0.3 is 11.9 Å². The number of carbonyl (C=O) groups excluding carboxylic acids is 2. The maximum Gasteiger partial charge on any atom is 0.333 e. The van der Waals surface area contributed by atoms with Gasteiger partial charge in [0.15, 0.2) is 5.60 Å². The third-order valence-corrected chi connectivity index (χ3v) is 5.57. The van der Waals surface area contributed by atoms with Crippen molar-refractivity contribution in [3.8, 4) is 0 Å². The Hall–Kier alpha value is -1.66. The molecule has 0 radical (unpaired) electrons. The average Bonchev–Trinajstić information content (AvgIpc) is 3.07. The fourth-order valence-corrected chi connectivity index (χ4v) is 4.74. The minimum absolute atomic E-state index is 0.141. The quantitative estimate of drug-likeness (QED) is 0.454. The van der Waals surface area contributed by atoms with Gasteiger partial charge in [0.1, 0.15) is 5.60 Å². The van der Waals surface area contributed by atoms with Crippen LogP contribution in [-0.4, -0.2) is 39.1 Å². The summed E-state index contributed by atoms with van der Waals surface area (Å²) in [6, 6.07) is 0. The van der Waals surface area contributed by atoms with Gasteiger partial charge in [-0.3, -0.25) is 0 Å². The molecule has 22 heavy (non-hydrogen) atoms. The summed E-state index contributed by atoms with van der Waals surface area (Å²) < 4.78 is 10.6. The minimum Gasteiger partial charge on any atom is -0.416 e. The molecular formula is C16H20O6. The number of fused-ring (bicyclic) bond motifs is 5. The number of hydrogen-bond acceptors (Lipinski definition) is 6. The van der Waals surface area contributed by atoms with Crippen molar-refractivity contribution >= 4 is 11.9 Å². The zero-order valence-corrected chi connectivity index (χ0v) is 12.3. The molecule has 0 heterocycles. The van der Waals surface area contributed by atoms with Gasteiger partial charge in [-0.2, -0.15) is 0 Å². The molecule has 2 bridgehead atoms. The van der Waals surface area contributed by atoms with Crippen molar-refractivity contribution in [1.82, 2.24) is 0 Å². The first-order chi connectivity index (χ1) is 10.3. The Morgan fingerprint density at radius 2 is 1.64 bits per heavy atom. The molecule has 3 saturated carbocycles. The van der Waals surface area contributed by atoms with Crippen LogP contribution in [0.15, 0.2) is 25.3 Å². The lowest BCUT2D eigenvalue weighted by atomic mass is 9.72. The van der Waals surface area contributed by atoms with Crippen molar-refractivity contribution in [3.63, 3.8) is 0 Å². The molecule has 6 nitrogen and oxygen atoms in total. The molecule has 0 aliphatic heterocycles. The highest BCUT2D eigenvalue weighted by molar-refractivity contribution is 5.83. The van der Waals surface area contributed by atoms with Gasteiger partial charge < -0.3 is 19.7 Å². The molecule has 4 atom stereocenters. The maximum atomic E-state index is 11.7. The molecule has 0 amide bonds. The molecule has 3 fully saturated rings. The molecule has 4 unspecified atom stereocenters. The lowest BCUT2D eigenvalue weighted by molar-refractivity contribution is -0.321. The van der Waals surface area contributed by atoms with E-state index >= 15 is 0 Å². The molecule has 0 aromatic carbocycles. The van der Waals surface area contributed by atoms with Crippen LogP contribution in [0.1, 0.15) is 32.1 Å². The maximum absolute atomic E-state index is 11.7. The average molecular weight is 308 g/mol. The van der Waals surface area contributed by atoms with Crippen LogP contribution in [0.4, 0.5) is 0 Å². The summed E-state index contributed by atoms with van der Waals surface area (Å²) in [4.78, 5) is 23.5. The molecule has 0 saturated heterocycles. The van der Waals surface area contributed by atoms with E-state index in [1.54, 1.807) is 0 Å². The highest BCUT2D eigenvalue weighted by atomic mass is 16.7. The Bertz CT molecular complexity index is 533. The predicted molar refractivity (Wildman–Crippen MR) is 75.3 cm³/mol. The van der Waals surface area contributed by atoms with Gasteiger partial charge in [-0.1, -0.05) is 13.2 Å². The summed E-state index contributed by atoms with van der Waals surface area (Å²) in [6.07, 6.45) is 4.17. The van der Waals surface area contributed by atoms with E-state index in [4.69, 9.17) is 9.47 Å². The monoisotopic (exact) mass is 308 g/mol. The Morgan fingerprint density at radius 3 is 2.18 bits per heavy atom. The van der Waals surface area contributed by atoms with Crippen molar-refractivity contribution in [2.75, 3.05) is 0 Å². The summed E-state index contributed by atoms with van der Waals surface area (Å²) in [7, 11) is 0. The number of ether oxygens (including phenoxy) is 2. The minimum atomic E-state index is -1.89. The van der Waals surface area contributed by atoms with E-state index in [1.807, 2.05) is 0 Å². The summed E-state index contributed by atoms with van der Waals surface area (Å²) >= 11 is 0. The van der Waals surface area contributed by atoms with Crippen molar-refractivity contribution in [2.24, 2.45) is 11.8 Å². The normalized spacial score (nSPS) is 40.8. The number of carbonyl (C=O) groups is 2. The number of esters is 2. The molecule has 0 aromatic rings. The van der Waals surface area contributed by atoms with E-state index in [-0.39, 0.29) is 18.3 Å². The Kier molecular flexibility index (Phi) is 3.23. The number of aliphatic hydroxyl groups is 2. The van der Waals surface area contributed by atoms with Gasteiger partial charge in [0.05, 0.1) is 0 Å². The van der Waals surface area contributed by atoms with E-state index in [9.17, 15) is 19.8 Å². The van der Waals surface area contributed by atoms with Crippen molar-refractivity contribution in [3.05, 3.63) is 25.3 Å². The second-order valence-corrected chi connectivity index (χ2v) is 6.45. The predicted octanol–water partition coefficient (Wildman–Crippen LogP) is 0.827. The Morgan fingerprint density at radius 1 is 1.05 bits per heavy atom. The van der Waals surface area contributed by atoms with Crippen LogP contribution in [0.25, 0.3) is 0 Å². The van der Waals surface area contributed by atoms with E-state index in [2.05, 4.69) is 13.2 Å². The van der Waals surface area contributed by atoms with Crippen LogP contribution in [0.5, 0.6) is 0 Å². The van der Waals surface area contributed by atoms with Gasteiger partial charge in [-0.05, 0) is 31.6 Å². The molecule has 0 spiro atoms. The van der Waals surface area contributed by atoms with Crippen LogP contribution < -0.4 is 0 Å². The third-order valence-electron chi connectivity index (χ3n) is 5.57. The standard InChI is InChI=1S/C16H20O6/c1-3-12(17)21-15(22-13(18)4-2)8-6-11-10-5-7-14(19,9-10)16(11,15)20/h3-4,10-11,19-20H,1-2,5-9H2. The lowest BCUT2D eigenvalue weighted by Gasteiger charge is -2.48. The topological polar surface area (TPSA) is 93.1 Å². The molecule has 0 aromatic heterocycles. The molecule has 6 heteroatoms. The fourth-order valence-electron chi connectivity index (χ4n) is 4.74. The largest absolute Gasteiger partial charge is 0.416 e. The van der Waals surface area contributed by atoms with E-state index in [1.165, 1.54) is 0 Å². The number of rotatable bonds is 4. The smallest absolute Gasteiger partial charge is 0.333 e. The summed E-state index contributed by atoms with van der Waals surface area (Å²) in [6.45, 7) is 6.65. The Balaban J connectivity index is 2.05. The highest BCUT2D eigenvalue weighted by Gasteiger charge is 2.80. The number of hydrogen-bond donors (Lipinski definition) is 2. The first-order valence-corrected chi connectivity index (χ1v) is 7.47. The third kappa shape index (κ3) is 1.68. The van der Waals surface area contributed by atoms with Crippen LogP contribution >= 0.6 is 0 Å². The van der Waals surface area contributed by atoms with E-state index < -0.39 is 28.9 Å². The SMILES string of the molecule is C=CC(=O)OC1(OC(=O)C=C)CCC2C3CCC(O)(C3)C21O. The fraction of sp³-hybridized carbons (Fsp3) is 0.625. The van der Waals surface area contributed by atoms with Crippen molar-refractivity contribution in [2.45, 2.75) is 49.1 Å². The summed E-state index contributed by atoms with van der Waals surface area (Å²) in [5.74, 6) is -3.63. The van der Waals surface area contributed by atoms with Crippen LogP contribution in [0.3, 0.4) is 0 Å². The van der Waals surface area contributed by atoms with Gasteiger partial charge in [-0.25, -0.2) is 9.59 Å². The van der Waals surface area contributed by atoms with Crippen molar-refractivity contribution in [1.29, 1.82) is 0 Å². The molecule has 3 aliphatic rings. The first-order valence-electron chi connectivity index (χ1n) is 7.47. The molecule has 120 valence electrons. The molecule has 3 aliphatic carbocycles. The second-order valence-electron chi connectivity index (χ2n) is 6.45. The second kappa shape index (κ2) is 4.67. The van der Waals surface area contributed by atoms with Gasteiger partial charge in [-0.15, -0.1) is 0 Å². The molecule has 3 rings (SSSR count). The lowest BCUT2D eigenvalue weighted by Crippen LogP contribution is -2.68. The first kappa shape index (κ1) is 15.2. The van der Waals surface area contributed by atoms with Gasteiger partial charge in [0.25, 0.3) is 5.79 Å². The van der Waals surface area contributed by atoms with Crippen LogP contribution in [0.2, 0.25) is 0 Å². The summed E-state index contributed by atoms with van der Waals surface area (Å²) in [5, 5.41) is 22.2. The van der Waals surface area contributed by atoms with Crippen LogP contribution in [0, 0.1) is 11.8 Å². The molecular weight excluding hydrogens is 288 g/mol.